The van der Waals surface area contributed by atoms with Gasteiger partial charge < -0.3 is 14.6 Å². The van der Waals surface area contributed by atoms with E-state index in [0.29, 0.717) is 21.5 Å². The SMILES string of the molecule is Cc1cc(/C=N/NC(=O)COc2cccc3c2OC(C)(C)C3)cc(Br)c1O. The largest absolute Gasteiger partial charge is 0.506 e. The van der Waals surface area contributed by atoms with Crippen molar-refractivity contribution in [2.24, 2.45) is 5.10 Å². The molecule has 2 N–H and O–H groups in total. The van der Waals surface area contributed by atoms with Crippen LogP contribution in [0.4, 0.5) is 0 Å². The Morgan fingerprint density at radius 1 is 1.44 bits per heavy atom. The zero-order chi connectivity index (χ0) is 19.6. The quantitative estimate of drug-likeness (QED) is 0.557. The minimum Gasteiger partial charge on any atom is -0.506 e. The third kappa shape index (κ3) is 4.60. The molecule has 2 aromatic carbocycles. The van der Waals surface area contributed by atoms with Crippen LogP contribution in [0.25, 0.3) is 0 Å². The number of rotatable bonds is 5. The monoisotopic (exact) mass is 432 g/mol. The summed E-state index contributed by atoms with van der Waals surface area (Å²) in [5, 5.41) is 13.7. The molecule has 6 nitrogen and oxygen atoms in total. The maximum absolute atomic E-state index is 12.0. The lowest BCUT2D eigenvalue weighted by Crippen LogP contribution is -2.26. The molecule has 0 bridgehead atoms. The molecule has 1 heterocycles. The van der Waals surface area contributed by atoms with Gasteiger partial charge in [-0.15, -0.1) is 0 Å². The van der Waals surface area contributed by atoms with Gasteiger partial charge in [-0.05, 0) is 66.0 Å². The Morgan fingerprint density at radius 3 is 2.96 bits per heavy atom. The van der Waals surface area contributed by atoms with Crippen LogP contribution in [-0.2, 0) is 11.2 Å². The molecule has 0 unspecified atom stereocenters. The number of aryl methyl sites for hydroxylation is 1. The van der Waals surface area contributed by atoms with Crippen molar-refractivity contribution in [2.45, 2.75) is 32.8 Å². The number of amides is 1. The summed E-state index contributed by atoms with van der Waals surface area (Å²) >= 11 is 3.27. The van der Waals surface area contributed by atoms with Crippen molar-refractivity contribution >= 4 is 28.1 Å². The highest BCUT2D eigenvalue weighted by molar-refractivity contribution is 9.10. The standard InChI is InChI=1S/C20H21BrN2O4/c1-12-7-13(8-15(21)18(12)25)10-22-23-17(24)11-26-16-6-4-5-14-9-20(2,3)27-19(14)16/h4-8,10,25H,9,11H2,1-3H3,(H,23,24)/b22-10+. The maximum Gasteiger partial charge on any atom is 0.277 e. The van der Waals surface area contributed by atoms with Gasteiger partial charge in [0.25, 0.3) is 5.91 Å². The summed E-state index contributed by atoms with van der Waals surface area (Å²) in [5.74, 6) is 1.06. The van der Waals surface area contributed by atoms with Gasteiger partial charge in [0, 0.05) is 12.0 Å². The predicted octanol–water partition coefficient (Wildman–Crippen LogP) is 3.71. The van der Waals surface area contributed by atoms with Crippen LogP contribution in [0.15, 0.2) is 39.9 Å². The smallest absolute Gasteiger partial charge is 0.277 e. The van der Waals surface area contributed by atoms with Crippen LogP contribution in [-0.4, -0.2) is 29.4 Å². The number of nitrogens with zero attached hydrogens (tertiary/aromatic N) is 1. The van der Waals surface area contributed by atoms with E-state index < -0.39 is 0 Å². The molecule has 1 amide bonds. The zero-order valence-electron chi connectivity index (χ0n) is 15.4. The number of hydrazone groups is 1. The highest BCUT2D eigenvalue weighted by atomic mass is 79.9. The van der Waals surface area contributed by atoms with Crippen molar-refractivity contribution in [3.8, 4) is 17.2 Å². The Kier molecular flexibility index (Phi) is 5.41. The molecule has 0 fully saturated rings. The van der Waals surface area contributed by atoms with E-state index in [0.717, 1.165) is 17.5 Å². The molecule has 0 saturated heterocycles. The van der Waals surface area contributed by atoms with Gasteiger partial charge in [-0.25, -0.2) is 5.43 Å². The van der Waals surface area contributed by atoms with Crippen LogP contribution in [0.2, 0.25) is 0 Å². The van der Waals surface area contributed by atoms with E-state index in [1.54, 1.807) is 25.1 Å². The Bertz CT molecular complexity index is 886. The van der Waals surface area contributed by atoms with E-state index in [1.807, 2.05) is 26.0 Å². The molecule has 3 rings (SSSR count). The van der Waals surface area contributed by atoms with Gasteiger partial charge in [-0.3, -0.25) is 4.79 Å². The average Bonchev–Trinajstić information content (AvgIpc) is 2.92. The second-order valence-corrected chi connectivity index (χ2v) is 7.89. The molecule has 0 radical (unpaired) electrons. The van der Waals surface area contributed by atoms with Crippen molar-refractivity contribution in [2.75, 3.05) is 6.61 Å². The summed E-state index contributed by atoms with van der Waals surface area (Å²) in [6.07, 6.45) is 2.30. The Hall–Kier alpha value is -2.54. The third-order valence-electron chi connectivity index (χ3n) is 4.09. The number of fused-ring (bicyclic) bond motifs is 1. The molecular formula is C20H21BrN2O4. The molecule has 0 spiro atoms. The molecule has 0 aliphatic carbocycles. The summed E-state index contributed by atoms with van der Waals surface area (Å²) < 4.78 is 12.1. The maximum atomic E-state index is 12.0. The first-order valence-electron chi connectivity index (χ1n) is 8.50. The highest BCUT2D eigenvalue weighted by Crippen LogP contribution is 2.41. The highest BCUT2D eigenvalue weighted by Gasteiger charge is 2.32. The molecule has 1 aliphatic rings. The Morgan fingerprint density at radius 2 is 2.22 bits per heavy atom. The van der Waals surface area contributed by atoms with Gasteiger partial charge in [0.15, 0.2) is 18.1 Å². The lowest BCUT2D eigenvalue weighted by atomic mass is 10.0. The number of para-hydroxylation sites is 1. The molecule has 0 aromatic heterocycles. The number of hydrogen-bond donors (Lipinski definition) is 2. The lowest BCUT2D eigenvalue weighted by molar-refractivity contribution is -0.123. The van der Waals surface area contributed by atoms with Crippen LogP contribution in [0.3, 0.4) is 0 Å². The van der Waals surface area contributed by atoms with Crippen LogP contribution in [0.5, 0.6) is 17.2 Å². The summed E-state index contributed by atoms with van der Waals surface area (Å²) in [6.45, 7) is 5.64. The van der Waals surface area contributed by atoms with E-state index in [1.165, 1.54) is 6.21 Å². The number of benzene rings is 2. The number of carbonyl (C=O) groups is 1. The Labute approximate surface area is 166 Å². The molecular weight excluding hydrogens is 412 g/mol. The molecule has 2 aromatic rings. The Balaban J connectivity index is 1.56. The molecule has 0 atom stereocenters. The number of nitrogens with one attached hydrogen (secondary N) is 1. The second kappa shape index (κ2) is 7.60. The topological polar surface area (TPSA) is 80.2 Å². The van der Waals surface area contributed by atoms with Gasteiger partial charge in [0.2, 0.25) is 0 Å². The van der Waals surface area contributed by atoms with Crippen molar-refractivity contribution in [3.63, 3.8) is 0 Å². The second-order valence-electron chi connectivity index (χ2n) is 7.03. The summed E-state index contributed by atoms with van der Waals surface area (Å²) in [7, 11) is 0. The van der Waals surface area contributed by atoms with Gasteiger partial charge >= 0.3 is 0 Å². The number of hydrogen-bond acceptors (Lipinski definition) is 5. The van der Waals surface area contributed by atoms with Gasteiger partial charge in [-0.1, -0.05) is 12.1 Å². The van der Waals surface area contributed by atoms with Crippen LogP contribution < -0.4 is 14.9 Å². The van der Waals surface area contributed by atoms with Gasteiger partial charge in [0.1, 0.15) is 11.4 Å². The first kappa shape index (κ1) is 19.2. The van der Waals surface area contributed by atoms with E-state index in [9.17, 15) is 9.90 Å². The fourth-order valence-electron chi connectivity index (χ4n) is 2.89. The van der Waals surface area contributed by atoms with Crippen molar-refractivity contribution in [3.05, 3.63) is 51.5 Å². The fraction of sp³-hybridized carbons (Fsp3) is 0.300. The van der Waals surface area contributed by atoms with Crippen molar-refractivity contribution in [1.29, 1.82) is 0 Å². The molecule has 27 heavy (non-hydrogen) atoms. The van der Waals surface area contributed by atoms with Crippen LogP contribution in [0.1, 0.15) is 30.5 Å². The minimum absolute atomic E-state index is 0.171. The molecule has 1 aliphatic heterocycles. The van der Waals surface area contributed by atoms with E-state index in [-0.39, 0.29) is 23.9 Å². The fourth-order valence-corrected chi connectivity index (χ4v) is 3.47. The normalized spacial score (nSPS) is 14.7. The number of carbonyl (C=O) groups excluding carboxylic acids is 1. The zero-order valence-corrected chi connectivity index (χ0v) is 17.0. The first-order valence-corrected chi connectivity index (χ1v) is 9.29. The first-order chi connectivity index (χ1) is 12.7. The number of aromatic hydroxyl groups is 1. The van der Waals surface area contributed by atoms with Gasteiger partial charge in [-0.2, -0.15) is 5.10 Å². The minimum atomic E-state index is -0.379. The molecule has 142 valence electrons. The summed E-state index contributed by atoms with van der Waals surface area (Å²) in [4.78, 5) is 12.0. The molecule has 0 saturated carbocycles. The summed E-state index contributed by atoms with van der Waals surface area (Å²) in [5.41, 5.74) is 4.68. The van der Waals surface area contributed by atoms with E-state index in [4.69, 9.17) is 9.47 Å². The third-order valence-corrected chi connectivity index (χ3v) is 4.70. The van der Waals surface area contributed by atoms with E-state index in [2.05, 4.69) is 26.5 Å². The molecule has 7 heteroatoms. The van der Waals surface area contributed by atoms with Crippen molar-refractivity contribution < 1.29 is 19.4 Å². The average molecular weight is 433 g/mol. The van der Waals surface area contributed by atoms with Crippen molar-refractivity contribution in [1.82, 2.24) is 5.43 Å². The lowest BCUT2D eigenvalue weighted by Gasteiger charge is -2.18. The number of phenolic OH excluding ortho intramolecular Hbond substituents is 1. The predicted molar refractivity (Wildman–Crippen MR) is 107 cm³/mol. The summed E-state index contributed by atoms with van der Waals surface area (Å²) in [6, 6.07) is 9.14. The van der Waals surface area contributed by atoms with Crippen LogP contribution in [0, 0.1) is 6.92 Å². The number of halogens is 1. The number of phenols is 1. The van der Waals surface area contributed by atoms with E-state index >= 15 is 0 Å². The van der Waals surface area contributed by atoms with Gasteiger partial charge in [0.05, 0.1) is 10.7 Å². The number of ether oxygens (including phenoxy) is 2. The van der Waals surface area contributed by atoms with Crippen LogP contribution >= 0.6 is 15.9 Å².